The Labute approximate surface area is 145 Å². The van der Waals surface area contributed by atoms with Gasteiger partial charge in [-0.25, -0.2) is 4.79 Å². The predicted molar refractivity (Wildman–Crippen MR) is 90.2 cm³/mol. The molecule has 2 aromatic rings. The van der Waals surface area contributed by atoms with Gasteiger partial charge in [-0.05, 0) is 32.4 Å². The summed E-state index contributed by atoms with van der Waals surface area (Å²) in [5.74, 6) is 1.02. The normalized spacial score (nSPS) is 20.1. The Bertz CT molecular complexity index is 810. The van der Waals surface area contributed by atoms with Crippen molar-refractivity contribution in [2.75, 3.05) is 7.11 Å². The Hall–Kier alpha value is -2.83. The van der Waals surface area contributed by atoms with Crippen LogP contribution in [0.3, 0.4) is 0 Å². The third-order valence-corrected chi connectivity index (χ3v) is 4.58. The van der Waals surface area contributed by atoms with E-state index in [0.717, 1.165) is 11.1 Å². The lowest BCUT2D eigenvalue weighted by Gasteiger charge is -2.22. The van der Waals surface area contributed by atoms with Gasteiger partial charge in [0.1, 0.15) is 17.0 Å². The minimum Gasteiger partial charge on any atom is -0.496 e. The summed E-state index contributed by atoms with van der Waals surface area (Å²) in [6.45, 7) is 5.43. The molecule has 1 saturated heterocycles. The summed E-state index contributed by atoms with van der Waals surface area (Å²) in [5.41, 5.74) is 1.27. The number of carbonyl (C=O) groups is 2. The Kier molecular flexibility index (Phi) is 4.24. The van der Waals surface area contributed by atoms with E-state index < -0.39 is 11.6 Å². The lowest BCUT2D eigenvalue weighted by molar-refractivity contribution is -0.131. The van der Waals surface area contributed by atoms with E-state index in [1.165, 1.54) is 4.90 Å². The number of imide groups is 1. The van der Waals surface area contributed by atoms with Gasteiger partial charge in [-0.15, -0.1) is 0 Å². The molecule has 2 heterocycles. The second kappa shape index (κ2) is 6.23. The van der Waals surface area contributed by atoms with E-state index in [2.05, 4.69) is 10.5 Å². The van der Waals surface area contributed by atoms with Crippen molar-refractivity contribution < 1.29 is 18.8 Å². The van der Waals surface area contributed by atoms with Crippen LogP contribution in [0, 0.1) is 13.8 Å². The molecule has 1 aliphatic heterocycles. The molecule has 0 radical (unpaired) electrons. The smallest absolute Gasteiger partial charge is 0.325 e. The number of nitrogens with zero attached hydrogens (tertiary/aromatic N) is 2. The van der Waals surface area contributed by atoms with E-state index in [0.29, 0.717) is 23.6 Å². The Morgan fingerprint density at radius 1 is 1.28 bits per heavy atom. The monoisotopic (exact) mass is 343 g/mol. The average molecular weight is 343 g/mol. The van der Waals surface area contributed by atoms with Gasteiger partial charge in [-0.3, -0.25) is 9.69 Å². The summed E-state index contributed by atoms with van der Waals surface area (Å²) in [6.07, 6.45) is 0.347. The van der Waals surface area contributed by atoms with Crippen LogP contribution in [-0.4, -0.2) is 34.6 Å². The molecule has 3 rings (SSSR count). The second-order valence-electron chi connectivity index (χ2n) is 6.44. The van der Waals surface area contributed by atoms with Gasteiger partial charge in [0.2, 0.25) is 0 Å². The van der Waals surface area contributed by atoms with Crippen molar-refractivity contribution in [2.24, 2.45) is 0 Å². The molecular weight excluding hydrogens is 322 g/mol. The highest BCUT2D eigenvalue weighted by Gasteiger charge is 2.48. The first kappa shape index (κ1) is 17.0. The summed E-state index contributed by atoms with van der Waals surface area (Å²) < 4.78 is 10.5. The number of benzene rings is 1. The van der Waals surface area contributed by atoms with Crippen molar-refractivity contribution in [1.29, 1.82) is 0 Å². The molecule has 132 valence electrons. The molecule has 1 unspecified atom stereocenters. The predicted octanol–water partition coefficient (Wildman–Crippen LogP) is 2.35. The topological polar surface area (TPSA) is 84.7 Å². The number of nitrogens with one attached hydrogen (secondary N) is 1. The van der Waals surface area contributed by atoms with Crippen LogP contribution in [0.15, 0.2) is 28.8 Å². The molecule has 25 heavy (non-hydrogen) atoms. The Morgan fingerprint density at radius 2 is 2.00 bits per heavy atom. The standard InChI is InChI=1S/C18H21N3O4/c1-11-14(12(2)25-20-11)10-21-16(22)18(3,19-17(21)23)9-13-7-5-6-8-15(13)24-4/h5-8H,9-10H2,1-4H3,(H,19,23). The highest BCUT2D eigenvalue weighted by molar-refractivity contribution is 6.06. The first-order valence-electron chi connectivity index (χ1n) is 8.03. The zero-order chi connectivity index (χ0) is 18.2. The zero-order valence-electron chi connectivity index (χ0n) is 14.8. The molecule has 1 aromatic heterocycles. The van der Waals surface area contributed by atoms with Gasteiger partial charge in [0.05, 0.1) is 19.3 Å². The van der Waals surface area contributed by atoms with Crippen LogP contribution in [-0.2, 0) is 17.8 Å². The lowest BCUT2D eigenvalue weighted by Crippen LogP contribution is -2.46. The second-order valence-corrected chi connectivity index (χ2v) is 6.44. The SMILES string of the molecule is COc1ccccc1CC1(C)NC(=O)N(Cc2c(C)noc2C)C1=O. The number of ether oxygens (including phenoxy) is 1. The summed E-state index contributed by atoms with van der Waals surface area (Å²) in [7, 11) is 1.58. The van der Waals surface area contributed by atoms with Crippen molar-refractivity contribution in [3.63, 3.8) is 0 Å². The third-order valence-electron chi connectivity index (χ3n) is 4.58. The highest BCUT2D eigenvalue weighted by Crippen LogP contribution is 2.29. The molecule has 3 amide bonds. The van der Waals surface area contributed by atoms with Gasteiger partial charge in [-0.2, -0.15) is 0 Å². The molecule has 0 saturated carbocycles. The first-order chi connectivity index (χ1) is 11.9. The minimum absolute atomic E-state index is 0.146. The Balaban J connectivity index is 1.85. The molecule has 7 nitrogen and oxygen atoms in total. The molecule has 1 aliphatic rings. The maximum absolute atomic E-state index is 12.9. The summed E-state index contributed by atoms with van der Waals surface area (Å²) in [4.78, 5) is 26.6. The number of aryl methyl sites for hydroxylation is 2. The number of aromatic nitrogens is 1. The number of hydrogen-bond donors (Lipinski definition) is 1. The van der Waals surface area contributed by atoms with E-state index in [9.17, 15) is 9.59 Å². The fourth-order valence-electron chi connectivity index (χ4n) is 3.13. The molecule has 0 bridgehead atoms. The van der Waals surface area contributed by atoms with Crippen LogP contribution in [0.1, 0.15) is 29.5 Å². The van der Waals surface area contributed by atoms with Crippen molar-refractivity contribution in [3.05, 3.63) is 46.8 Å². The van der Waals surface area contributed by atoms with Crippen LogP contribution in [0.25, 0.3) is 0 Å². The van der Waals surface area contributed by atoms with Crippen LogP contribution >= 0.6 is 0 Å². The fraction of sp³-hybridized carbons (Fsp3) is 0.389. The van der Waals surface area contributed by atoms with E-state index in [1.807, 2.05) is 24.3 Å². The molecule has 0 aliphatic carbocycles. The summed E-state index contributed by atoms with van der Waals surface area (Å²) >= 11 is 0. The maximum Gasteiger partial charge on any atom is 0.325 e. The number of methoxy groups -OCH3 is 1. The van der Waals surface area contributed by atoms with Gasteiger partial charge >= 0.3 is 6.03 Å². The van der Waals surface area contributed by atoms with Crippen molar-refractivity contribution in [3.8, 4) is 5.75 Å². The zero-order valence-corrected chi connectivity index (χ0v) is 14.8. The molecule has 1 atom stereocenters. The van der Waals surface area contributed by atoms with E-state index in [4.69, 9.17) is 9.26 Å². The third kappa shape index (κ3) is 2.97. The molecule has 1 N–H and O–H groups in total. The van der Waals surface area contributed by atoms with Gasteiger partial charge < -0.3 is 14.6 Å². The lowest BCUT2D eigenvalue weighted by atomic mass is 9.92. The van der Waals surface area contributed by atoms with Crippen LogP contribution < -0.4 is 10.1 Å². The van der Waals surface area contributed by atoms with E-state index in [1.54, 1.807) is 27.9 Å². The molecule has 7 heteroatoms. The van der Waals surface area contributed by atoms with Crippen molar-refractivity contribution >= 4 is 11.9 Å². The Morgan fingerprint density at radius 3 is 2.64 bits per heavy atom. The number of rotatable bonds is 5. The summed E-state index contributed by atoms with van der Waals surface area (Å²) in [6, 6.07) is 7.05. The molecule has 1 aromatic carbocycles. The van der Waals surface area contributed by atoms with E-state index in [-0.39, 0.29) is 12.5 Å². The van der Waals surface area contributed by atoms with Gasteiger partial charge in [0.15, 0.2) is 0 Å². The summed E-state index contributed by atoms with van der Waals surface area (Å²) in [5, 5.41) is 6.69. The quantitative estimate of drug-likeness (QED) is 0.843. The van der Waals surface area contributed by atoms with Crippen LogP contribution in [0.4, 0.5) is 4.79 Å². The van der Waals surface area contributed by atoms with Crippen LogP contribution in [0.5, 0.6) is 5.75 Å². The largest absolute Gasteiger partial charge is 0.496 e. The fourth-order valence-corrected chi connectivity index (χ4v) is 3.13. The minimum atomic E-state index is -1.02. The number of hydrogen-bond acceptors (Lipinski definition) is 5. The van der Waals surface area contributed by atoms with Crippen molar-refractivity contribution in [2.45, 2.75) is 39.3 Å². The maximum atomic E-state index is 12.9. The number of para-hydroxylation sites is 1. The van der Waals surface area contributed by atoms with Gasteiger partial charge in [0, 0.05) is 12.0 Å². The molecule has 1 fully saturated rings. The van der Waals surface area contributed by atoms with Crippen molar-refractivity contribution in [1.82, 2.24) is 15.4 Å². The first-order valence-corrected chi connectivity index (χ1v) is 8.03. The molecule has 0 spiro atoms. The number of carbonyl (C=O) groups excluding carboxylic acids is 2. The van der Waals surface area contributed by atoms with Crippen LogP contribution in [0.2, 0.25) is 0 Å². The van der Waals surface area contributed by atoms with Gasteiger partial charge in [-0.1, -0.05) is 23.4 Å². The van der Waals surface area contributed by atoms with Gasteiger partial charge in [0.25, 0.3) is 5.91 Å². The highest BCUT2D eigenvalue weighted by atomic mass is 16.5. The number of urea groups is 1. The average Bonchev–Trinajstić information content (AvgIpc) is 3.00. The van der Waals surface area contributed by atoms with E-state index >= 15 is 0 Å². The molecular formula is C18H21N3O4. The number of amides is 3.